The minimum atomic E-state index is -1.88. The van der Waals surface area contributed by atoms with Crippen molar-refractivity contribution in [3.05, 3.63) is 0 Å². The number of carbonyl (C=O) groups is 1. The van der Waals surface area contributed by atoms with Crippen molar-refractivity contribution in [2.24, 2.45) is 0 Å². The molecule has 0 fully saturated rings. The molecule has 0 saturated heterocycles. The quantitative estimate of drug-likeness (QED) is 0.327. The lowest BCUT2D eigenvalue weighted by atomic mass is 10.0. The summed E-state index contributed by atoms with van der Waals surface area (Å²) in [7, 11) is 0. The van der Waals surface area contributed by atoms with E-state index in [9.17, 15) is 4.79 Å². The summed E-state index contributed by atoms with van der Waals surface area (Å²) in [5.74, 6) is -1.10. The molecule has 0 radical (unpaired) electrons. The standard InChI is InChI=1S/C8H16O6/c1-2-4(10)6(12)8(14)7(13)5(11)3-9/h4-7,9-13H,2-3H2,1H3/t4?,5-,6-,7-/m1/s1. The van der Waals surface area contributed by atoms with Crippen LogP contribution in [0.5, 0.6) is 0 Å². The molecule has 4 atom stereocenters. The zero-order chi connectivity index (χ0) is 11.3. The van der Waals surface area contributed by atoms with Gasteiger partial charge in [-0.15, -0.1) is 0 Å². The van der Waals surface area contributed by atoms with Gasteiger partial charge < -0.3 is 25.5 Å². The number of hydrogen-bond acceptors (Lipinski definition) is 6. The molecule has 6 nitrogen and oxygen atoms in total. The zero-order valence-electron chi connectivity index (χ0n) is 7.87. The van der Waals surface area contributed by atoms with Crippen molar-refractivity contribution in [1.82, 2.24) is 0 Å². The number of rotatable bonds is 6. The van der Waals surface area contributed by atoms with Gasteiger partial charge in [-0.05, 0) is 6.42 Å². The normalized spacial score (nSPS) is 19.9. The van der Waals surface area contributed by atoms with Gasteiger partial charge in [0.1, 0.15) is 18.3 Å². The molecule has 0 heterocycles. The van der Waals surface area contributed by atoms with E-state index in [1.165, 1.54) is 0 Å². The number of ketones is 1. The van der Waals surface area contributed by atoms with Crippen molar-refractivity contribution in [3.63, 3.8) is 0 Å². The van der Waals surface area contributed by atoms with Gasteiger partial charge in [0.25, 0.3) is 0 Å². The van der Waals surface area contributed by atoms with E-state index in [0.717, 1.165) is 0 Å². The average Bonchev–Trinajstić information content (AvgIpc) is 2.23. The van der Waals surface area contributed by atoms with Crippen LogP contribution in [0.15, 0.2) is 0 Å². The molecule has 6 heteroatoms. The molecule has 0 spiro atoms. The highest BCUT2D eigenvalue weighted by Gasteiger charge is 2.32. The van der Waals surface area contributed by atoms with Crippen molar-refractivity contribution in [1.29, 1.82) is 0 Å². The predicted octanol–water partition coefficient (Wildman–Crippen LogP) is -2.60. The van der Waals surface area contributed by atoms with Crippen LogP contribution >= 0.6 is 0 Å². The summed E-state index contributed by atoms with van der Waals surface area (Å²) in [6, 6.07) is 0. The monoisotopic (exact) mass is 208 g/mol. The van der Waals surface area contributed by atoms with E-state index < -0.39 is 36.8 Å². The first kappa shape index (κ1) is 13.5. The van der Waals surface area contributed by atoms with Crippen molar-refractivity contribution >= 4 is 5.78 Å². The molecule has 0 bridgehead atoms. The summed E-state index contributed by atoms with van der Waals surface area (Å²) in [4.78, 5) is 11.1. The molecule has 14 heavy (non-hydrogen) atoms. The summed E-state index contributed by atoms with van der Waals surface area (Å²) in [6.07, 6.45) is -6.38. The van der Waals surface area contributed by atoms with Gasteiger partial charge in [0.15, 0.2) is 5.78 Å². The fraction of sp³-hybridized carbons (Fsp3) is 0.875. The van der Waals surface area contributed by atoms with Crippen molar-refractivity contribution in [2.75, 3.05) is 6.61 Å². The van der Waals surface area contributed by atoms with Gasteiger partial charge in [-0.3, -0.25) is 4.79 Å². The van der Waals surface area contributed by atoms with E-state index in [1.54, 1.807) is 6.92 Å². The lowest BCUT2D eigenvalue weighted by Gasteiger charge is -2.20. The first-order valence-corrected chi connectivity index (χ1v) is 4.32. The Morgan fingerprint density at radius 2 is 1.50 bits per heavy atom. The topological polar surface area (TPSA) is 118 Å². The second kappa shape index (κ2) is 6.05. The maximum absolute atomic E-state index is 11.1. The van der Waals surface area contributed by atoms with E-state index in [4.69, 9.17) is 25.5 Å². The van der Waals surface area contributed by atoms with Crippen LogP contribution < -0.4 is 0 Å². The van der Waals surface area contributed by atoms with Crippen LogP contribution in [0.3, 0.4) is 0 Å². The highest BCUT2D eigenvalue weighted by molar-refractivity contribution is 5.88. The summed E-state index contributed by atoms with van der Waals surface area (Å²) in [5.41, 5.74) is 0. The molecule has 0 aromatic heterocycles. The lowest BCUT2D eigenvalue weighted by molar-refractivity contribution is -0.148. The van der Waals surface area contributed by atoms with E-state index in [1.807, 2.05) is 0 Å². The van der Waals surface area contributed by atoms with Crippen LogP contribution in [-0.4, -0.2) is 62.3 Å². The molecule has 5 N–H and O–H groups in total. The van der Waals surface area contributed by atoms with Crippen molar-refractivity contribution in [2.45, 2.75) is 37.8 Å². The maximum atomic E-state index is 11.1. The van der Waals surface area contributed by atoms with Crippen LogP contribution in [-0.2, 0) is 4.79 Å². The molecule has 0 aliphatic carbocycles. The maximum Gasteiger partial charge on any atom is 0.195 e. The third-order valence-electron chi connectivity index (χ3n) is 1.92. The smallest absolute Gasteiger partial charge is 0.195 e. The second-order valence-corrected chi connectivity index (χ2v) is 3.02. The highest BCUT2D eigenvalue weighted by Crippen LogP contribution is 2.05. The average molecular weight is 208 g/mol. The Morgan fingerprint density at radius 3 is 1.86 bits per heavy atom. The molecule has 0 aliphatic heterocycles. The molecule has 84 valence electrons. The lowest BCUT2D eigenvalue weighted by Crippen LogP contribution is -2.46. The molecule has 0 amide bonds. The van der Waals surface area contributed by atoms with Crippen LogP contribution in [0, 0.1) is 0 Å². The molecule has 1 unspecified atom stereocenters. The Morgan fingerprint density at radius 1 is 1.07 bits per heavy atom. The van der Waals surface area contributed by atoms with Gasteiger partial charge in [-0.2, -0.15) is 0 Å². The molecular weight excluding hydrogens is 192 g/mol. The summed E-state index contributed by atoms with van der Waals surface area (Å²) in [5, 5.41) is 44.6. The zero-order valence-corrected chi connectivity index (χ0v) is 7.87. The van der Waals surface area contributed by atoms with E-state index in [0.29, 0.717) is 0 Å². The van der Waals surface area contributed by atoms with Gasteiger partial charge in [0.2, 0.25) is 0 Å². The van der Waals surface area contributed by atoms with Crippen LogP contribution in [0.25, 0.3) is 0 Å². The molecule has 0 aromatic rings. The number of aliphatic hydroxyl groups is 5. The van der Waals surface area contributed by atoms with E-state index in [2.05, 4.69) is 0 Å². The van der Waals surface area contributed by atoms with Gasteiger partial charge in [-0.25, -0.2) is 0 Å². The molecule has 0 saturated carbocycles. The second-order valence-electron chi connectivity index (χ2n) is 3.02. The Bertz CT molecular complexity index is 165. The van der Waals surface area contributed by atoms with Crippen molar-refractivity contribution in [3.8, 4) is 0 Å². The van der Waals surface area contributed by atoms with Gasteiger partial charge in [0.05, 0.1) is 12.7 Å². The number of Topliss-reactive ketones (excluding diaryl/α,β-unsaturated/α-hetero) is 1. The van der Waals surface area contributed by atoms with Crippen LogP contribution in [0.4, 0.5) is 0 Å². The minimum absolute atomic E-state index is 0.148. The third-order valence-corrected chi connectivity index (χ3v) is 1.92. The Kier molecular flexibility index (Phi) is 5.82. The first-order valence-electron chi connectivity index (χ1n) is 4.32. The summed E-state index contributed by atoms with van der Waals surface area (Å²) >= 11 is 0. The van der Waals surface area contributed by atoms with Gasteiger partial charge in [-0.1, -0.05) is 6.92 Å². The van der Waals surface area contributed by atoms with E-state index in [-0.39, 0.29) is 6.42 Å². The third kappa shape index (κ3) is 3.32. The largest absolute Gasteiger partial charge is 0.394 e. The van der Waals surface area contributed by atoms with Gasteiger partial charge >= 0.3 is 0 Å². The Hall–Kier alpha value is -0.530. The number of aliphatic hydroxyl groups excluding tert-OH is 5. The summed E-state index contributed by atoms with van der Waals surface area (Å²) in [6.45, 7) is 0.762. The van der Waals surface area contributed by atoms with Crippen LogP contribution in [0.1, 0.15) is 13.3 Å². The Labute approximate surface area is 81.4 Å². The minimum Gasteiger partial charge on any atom is -0.394 e. The fourth-order valence-corrected chi connectivity index (χ4v) is 0.877. The van der Waals surface area contributed by atoms with Crippen molar-refractivity contribution < 1.29 is 30.3 Å². The first-order chi connectivity index (χ1) is 6.45. The Balaban J connectivity index is 4.31. The highest BCUT2D eigenvalue weighted by atomic mass is 16.4. The summed E-state index contributed by atoms with van der Waals surface area (Å²) < 4.78 is 0. The predicted molar refractivity (Wildman–Crippen MR) is 46.4 cm³/mol. The molecule has 0 aliphatic rings. The molecule has 0 aromatic carbocycles. The van der Waals surface area contributed by atoms with Gasteiger partial charge in [0, 0.05) is 0 Å². The fourth-order valence-electron chi connectivity index (χ4n) is 0.877. The number of carbonyl (C=O) groups excluding carboxylic acids is 1. The SMILES string of the molecule is CCC(O)[C@@H](O)C(=O)[C@H](O)[C@H](O)CO. The number of hydrogen-bond donors (Lipinski definition) is 5. The molecule has 0 rings (SSSR count). The van der Waals surface area contributed by atoms with E-state index >= 15 is 0 Å². The molecular formula is C8H16O6. The van der Waals surface area contributed by atoms with Crippen LogP contribution in [0.2, 0.25) is 0 Å².